The van der Waals surface area contributed by atoms with E-state index in [4.69, 9.17) is 4.52 Å². The van der Waals surface area contributed by atoms with Crippen LogP contribution in [-0.2, 0) is 0 Å². The van der Waals surface area contributed by atoms with E-state index in [1.54, 1.807) is 17.0 Å². The number of piperidine rings is 1. The van der Waals surface area contributed by atoms with Gasteiger partial charge in [0.05, 0.1) is 16.8 Å². The number of hydrogen-bond donors (Lipinski definition) is 0. The first-order valence-corrected chi connectivity index (χ1v) is 8.28. The molecule has 0 radical (unpaired) electrons. The summed E-state index contributed by atoms with van der Waals surface area (Å²) in [5.41, 5.74) is 0.611. The first kappa shape index (κ1) is 15.7. The quantitative estimate of drug-likeness (QED) is 0.724. The van der Waals surface area contributed by atoms with Crippen LogP contribution in [0.25, 0.3) is 10.9 Å². The predicted octanol–water partition coefficient (Wildman–Crippen LogP) is 2.60. The largest absolute Gasteiger partial charge is 0.355 e. The Balaban J connectivity index is 1.65. The number of nitrogens with zero attached hydrogens (tertiary/aromatic N) is 6. The van der Waals surface area contributed by atoms with Crippen molar-refractivity contribution in [2.75, 3.05) is 37.0 Å². The Morgan fingerprint density at radius 3 is 2.96 bits per heavy atom. The Bertz CT molecular complexity index is 890. The van der Waals surface area contributed by atoms with Gasteiger partial charge in [-0.3, -0.25) is 0 Å². The molecule has 0 amide bonds. The van der Waals surface area contributed by atoms with E-state index in [1.807, 2.05) is 14.1 Å². The molecule has 1 aromatic carbocycles. The fourth-order valence-electron chi connectivity index (χ4n) is 3.24. The zero-order chi connectivity index (χ0) is 17.4. The van der Waals surface area contributed by atoms with Crippen LogP contribution >= 0.6 is 0 Å². The van der Waals surface area contributed by atoms with Crippen molar-refractivity contribution < 1.29 is 8.91 Å². The van der Waals surface area contributed by atoms with Crippen LogP contribution in [0.15, 0.2) is 29.0 Å². The molecule has 0 N–H and O–H groups in total. The van der Waals surface area contributed by atoms with E-state index in [2.05, 4.69) is 25.0 Å². The Kier molecular flexibility index (Phi) is 3.95. The monoisotopic (exact) mass is 342 g/mol. The first-order valence-electron chi connectivity index (χ1n) is 8.28. The zero-order valence-corrected chi connectivity index (χ0v) is 14.2. The number of fused-ring (bicyclic) bond motifs is 1. The molecule has 0 aliphatic carbocycles. The number of halogens is 1. The van der Waals surface area contributed by atoms with Crippen molar-refractivity contribution in [3.05, 3.63) is 36.2 Å². The Hall–Kier alpha value is -2.77. The average Bonchev–Trinajstić information content (AvgIpc) is 3.12. The lowest BCUT2D eigenvalue weighted by molar-refractivity contribution is 0.333. The molecule has 1 saturated heterocycles. The lowest BCUT2D eigenvalue weighted by Crippen LogP contribution is -2.35. The third-order valence-electron chi connectivity index (χ3n) is 4.49. The maximum absolute atomic E-state index is 14.4. The lowest BCUT2D eigenvalue weighted by atomic mass is 9.97. The Morgan fingerprint density at radius 2 is 2.16 bits per heavy atom. The molecule has 0 unspecified atom stereocenters. The van der Waals surface area contributed by atoms with E-state index < -0.39 is 0 Å². The summed E-state index contributed by atoms with van der Waals surface area (Å²) in [6.07, 6.45) is 3.39. The van der Waals surface area contributed by atoms with Crippen LogP contribution < -0.4 is 9.80 Å². The molecular formula is C17H19FN6O. The Labute approximate surface area is 144 Å². The highest BCUT2D eigenvalue weighted by atomic mass is 19.1. The smallest absolute Gasteiger partial charge is 0.265 e. The minimum Gasteiger partial charge on any atom is -0.355 e. The molecule has 4 rings (SSSR count). The zero-order valence-electron chi connectivity index (χ0n) is 14.2. The summed E-state index contributed by atoms with van der Waals surface area (Å²) >= 11 is 0. The van der Waals surface area contributed by atoms with Crippen molar-refractivity contribution in [2.24, 2.45) is 0 Å². The van der Waals surface area contributed by atoms with Crippen molar-refractivity contribution in [2.45, 2.75) is 18.8 Å². The van der Waals surface area contributed by atoms with E-state index >= 15 is 0 Å². The highest BCUT2D eigenvalue weighted by Crippen LogP contribution is 2.32. The van der Waals surface area contributed by atoms with Crippen LogP contribution in [0.3, 0.4) is 0 Å². The van der Waals surface area contributed by atoms with Gasteiger partial charge in [-0.05, 0) is 30.1 Å². The number of benzene rings is 1. The summed E-state index contributed by atoms with van der Waals surface area (Å²) in [5, 5.41) is 4.45. The first-order chi connectivity index (χ1) is 12.1. The normalized spacial score (nSPS) is 17.9. The molecule has 3 aromatic rings. The van der Waals surface area contributed by atoms with E-state index in [-0.39, 0.29) is 11.7 Å². The molecule has 0 saturated carbocycles. The third kappa shape index (κ3) is 2.88. The molecule has 1 atom stereocenters. The number of aromatic nitrogens is 4. The summed E-state index contributed by atoms with van der Waals surface area (Å²) < 4.78 is 19.8. The van der Waals surface area contributed by atoms with Gasteiger partial charge in [-0.15, -0.1) is 0 Å². The molecule has 2 aromatic heterocycles. The standard InChI is InChI=1S/C17H19FN6O/c1-23(2)17-21-16(25-22-17)11-5-4-8-24(9-11)15-14-12(18)6-3-7-13(14)19-10-20-15/h3,6-7,10-11H,4-5,8-9H2,1-2H3/t11-/m0/s1. The van der Waals surface area contributed by atoms with Crippen LogP contribution in [0.1, 0.15) is 24.7 Å². The van der Waals surface area contributed by atoms with E-state index in [1.165, 1.54) is 12.4 Å². The van der Waals surface area contributed by atoms with Gasteiger partial charge in [0.1, 0.15) is 18.0 Å². The second-order valence-electron chi connectivity index (χ2n) is 6.44. The van der Waals surface area contributed by atoms with Crippen molar-refractivity contribution in [1.82, 2.24) is 20.1 Å². The predicted molar refractivity (Wildman–Crippen MR) is 92.3 cm³/mol. The summed E-state index contributed by atoms with van der Waals surface area (Å²) in [6.45, 7) is 1.47. The second kappa shape index (κ2) is 6.27. The summed E-state index contributed by atoms with van der Waals surface area (Å²) in [5.74, 6) is 1.60. The molecule has 0 bridgehead atoms. The molecular weight excluding hydrogens is 323 g/mol. The fourth-order valence-corrected chi connectivity index (χ4v) is 3.24. The molecule has 1 fully saturated rings. The number of hydrogen-bond acceptors (Lipinski definition) is 7. The minimum absolute atomic E-state index is 0.103. The van der Waals surface area contributed by atoms with Gasteiger partial charge in [0.2, 0.25) is 5.89 Å². The van der Waals surface area contributed by atoms with Crippen LogP contribution in [0.5, 0.6) is 0 Å². The Morgan fingerprint density at radius 1 is 1.28 bits per heavy atom. The summed E-state index contributed by atoms with van der Waals surface area (Å²) in [6, 6.07) is 4.90. The summed E-state index contributed by atoms with van der Waals surface area (Å²) in [7, 11) is 3.75. The molecule has 25 heavy (non-hydrogen) atoms. The number of rotatable bonds is 3. The molecule has 8 heteroatoms. The number of anilines is 2. The van der Waals surface area contributed by atoms with Gasteiger partial charge in [0, 0.05) is 27.2 Å². The van der Waals surface area contributed by atoms with Crippen molar-refractivity contribution in [3.63, 3.8) is 0 Å². The molecule has 7 nitrogen and oxygen atoms in total. The SMILES string of the molecule is CN(C)c1noc([C@H]2CCCN(c3ncnc4cccc(F)c34)C2)n1. The van der Waals surface area contributed by atoms with Crippen LogP contribution in [0, 0.1) is 5.82 Å². The highest BCUT2D eigenvalue weighted by Gasteiger charge is 2.28. The van der Waals surface area contributed by atoms with Crippen LogP contribution in [0.4, 0.5) is 16.2 Å². The van der Waals surface area contributed by atoms with Gasteiger partial charge in [0.25, 0.3) is 5.95 Å². The average molecular weight is 342 g/mol. The van der Waals surface area contributed by atoms with Gasteiger partial charge in [0.15, 0.2) is 0 Å². The molecule has 3 heterocycles. The van der Waals surface area contributed by atoms with E-state index in [0.717, 1.165) is 19.4 Å². The maximum Gasteiger partial charge on any atom is 0.265 e. The highest BCUT2D eigenvalue weighted by molar-refractivity contribution is 5.89. The van der Waals surface area contributed by atoms with Crippen molar-refractivity contribution in [3.8, 4) is 0 Å². The van der Waals surface area contributed by atoms with Crippen molar-refractivity contribution >= 4 is 22.7 Å². The van der Waals surface area contributed by atoms with E-state index in [9.17, 15) is 4.39 Å². The van der Waals surface area contributed by atoms with Gasteiger partial charge in [-0.2, -0.15) is 4.98 Å². The third-order valence-corrected chi connectivity index (χ3v) is 4.49. The van der Waals surface area contributed by atoms with Gasteiger partial charge in [-0.25, -0.2) is 14.4 Å². The second-order valence-corrected chi connectivity index (χ2v) is 6.44. The van der Waals surface area contributed by atoms with E-state index in [0.29, 0.717) is 35.1 Å². The van der Waals surface area contributed by atoms with Crippen LogP contribution in [0.2, 0.25) is 0 Å². The molecule has 130 valence electrons. The molecule has 0 spiro atoms. The maximum atomic E-state index is 14.4. The minimum atomic E-state index is -0.303. The topological polar surface area (TPSA) is 71.2 Å². The van der Waals surface area contributed by atoms with Crippen LogP contribution in [-0.4, -0.2) is 47.3 Å². The lowest BCUT2D eigenvalue weighted by Gasteiger charge is -2.32. The summed E-state index contributed by atoms with van der Waals surface area (Å²) in [4.78, 5) is 16.9. The molecule has 1 aliphatic heterocycles. The van der Waals surface area contributed by atoms with Crippen molar-refractivity contribution in [1.29, 1.82) is 0 Å². The van der Waals surface area contributed by atoms with Gasteiger partial charge < -0.3 is 14.3 Å². The van der Waals surface area contributed by atoms with Gasteiger partial charge in [-0.1, -0.05) is 6.07 Å². The fraction of sp³-hybridized carbons (Fsp3) is 0.412. The van der Waals surface area contributed by atoms with Gasteiger partial charge >= 0.3 is 0 Å². The molecule has 1 aliphatic rings.